The number of ketones is 1. The van der Waals surface area contributed by atoms with E-state index < -0.39 is 0 Å². The van der Waals surface area contributed by atoms with Crippen LogP contribution in [0.2, 0.25) is 0 Å². The summed E-state index contributed by atoms with van der Waals surface area (Å²) in [6.07, 6.45) is 1.08. The molecule has 0 aromatic rings. The number of rotatable bonds is 5. The van der Waals surface area contributed by atoms with Gasteiger partial charge in [-0.3, -0.25) is 4.79 Å². The molecule has 12 heavy (non-hydrogen) atoms. The van der Waals surface area contributed by atoms with Gasteiger partial charge in [0.25, 0.3) is 0 Å². The van der Waals surface area contributed by atoms with Crippen LogP contribution in [-0.2, 0) is 4.79 Å². The van der Waals surface area contributed by atoms with Gasteiger partial charge in [0, 0.05) is 12.5 Å². The first-order chi connectivity index (χ1) is 5.49. The van der Waals surface area contributed by atoms with E-state index in [9.17, 15) is 4.79 Å². The molecular weight excluding hydrogens is 150 g/mol. The summed E-state index contributed by atoms with van der Waals surface area (Å²) in [7, 11) is 0. The molecule has 2 atom stereocenters. The maximum absolute atomic E-state index is 11.1. The zero-order valence-corrected chi connectivity index (χ0v) is 8.63. The third-order valence-electron chi connectivity index (χ3n) is 2.31. The van der Waals surface area contributed by atoms with Crippen molar-refractivity contribution in [2.45, 2.75) is 34.1 Å². The lowest BCUT2D eigenvalue weighted by Gasteiger charge is -2.21. The standard InChI is InChI=1S/C10H21NO/c1-7(2)5-8(3)10(6-11)9(4)12/h7-8,10H,5-6,11H2,1-4H3. The first kappa shape index (κ1) is 11.6. The van der Waals surface area contributed by atoms with Gasteiger partial charge in [-0.1, -0.05) is 20.8 Å². The van der Waals surface area contributed by atoms with E-state index in [1.807, 2.05) is 0 Å². The summed E-state index contributed by atoms with van der Waals surface area (Å²) >= 11 is 0. The molecule has 0 aromatic carbocycles. The van der Waals surface area contributed by atoms with Crippen molar-refractivity contribution < 1.29 is 4.79 Å². The van der Waals surface area contributed by atoms with E-state index in [1.54, 1.807) is 6.92 Å². The van der Waals surface area contributed by atoms with E-state index in [0.717, 1.165) is 6.42 Å². The molecule has 2 unspecified atom stereocenters. The minimum absolute atomic E-state index is 0.0624. The average molecular weight is 171 g/mol. The van der Waals surface area contributed by atoms with Crippen molar-refractivity contribution in [1.29, 1.82) is 0 Å². The topological polar surface area (TPSA) is 43.1 Å². The lowest BCUT2D eigenvalue weighted by atomic mass is 9.85. The molecule has 0 aliphatic carbocycles. The number of nitrogens with two attached hydrogens (primary N) is 1. The van der Waals surface area contributed by atoms with Crippen molar-refractivity contribution in [3.05, 3.63) is 0 Å². The predicted molar refractivity (Wildman–Crippen MR) is 51.8 cm³/mol. The van der Waals surface area contributed by atoms with E-state index in [4.69, 9.17) is 5.73 Å². The minimum atomic E-state index is 0.0624. The Hall–Kier alpha value is -0.370. The van der Waals surface area contributed by atoms with Crippen LogP contribution < -0.4 is 5.73 Å². The Labute approximate surface area is 75.5 Å². The van der Waals surface area contributed by atoms with Crippen LogP contribution in [0.4, 0.5) is 0 Å². The van der Waals surface area contributed by atoms with E-state index in [2.05, 4.69) is 20.8 Å². The Morgan fingerprint density at radius 1 is 1.33 bits per heavy atom. The Morgan fingerprint density at radius 2 is 1.83 bits per heavy atom. The number of carbonyl (C=O) groups excluding carboxylic acids is 1. The second kappa shape index (κ2) is 5.31. The fourth-order valence-electron chi connectivity index (χ4n) is 1.71. The highest BCUT2D eigenvalue weighted by molar-refractivity contribution is 5.78. The lowest BCUT2D eigenvalue weighted by molar-refractivity contribution is -0.122. The molecule has 0 saturated carbocycles. The van der Waals surface area contributed by atoms with Crippen LogP contribution in [-0.4, -0.2) is 12.3 Å². The molecule has 0 bridgehead atoms. The van der Waals surface area contributed by atoms with Crippen molar-refractivity contribution in [1.82, 2.24) is 0 Å². The zero-order valence-electron chi connectivity index (χ0n) is 8.63. The summed E-state index contributed by atoms with van der Waals surface area (Å²) in [5.74, 6) is 1.36. The maximum atomic E-state index is 11.1. The molecule has 2 heteroatoms. The Morgan fingerprint density at radius 3 is 2.08 bits per heavy atom. The van der Waals surface area contributed by atoms with Crippen LogP contribution in [0, 0.1) is 17.8 Å². The zero-order chi connectivity index (χ0) is 9.72. The fraction of sp³-hybridized carbons (Fsp3) is 0.900. The van der Waals surface area contributed by atoms with Gasteiger partial charge in [0.15, 0.2) is 0 Å². The van der Waals surface area contributed by atoms with Crippen LogP contribution in [0.15, 0.2) is 0 Å². The summed E-state index contributed by atoms with van der Waals surface area (Å²) in [4.78, 5) is 11.1. The van der Waals surface area contributed by atoms with Gasteiger partial charge in [0.05, 0.1) is 0 Å². The quantitative estimate of drug-likeness (QED) is 0.685. The van der Waals surface area contributed by atoms with E-state index >= 15 is 0 Å². The van der Waals surface area contributed by atoms with Crippen molar-refractivity contribution in [2.75, 3.05) is 6.54 Å². The molecule has 0 aliphatic heterocycles. The van der Waals surface area contributed by atoms with Crippen molar-refractivity contribution in [3.63, 3.8) is 0 Å². The molecule has 2 nitrogen and oxygen atoms in total. The van der Waals surface area contributed by atoms with E-state index in [0.29, 0.717) is 18.4 Å². The van der Waals surface area contributed by atoms with Gasteiger partial charge in [-0.25, -0.2) is 0 Å². The van der Waals surface area contributed by atoms with Gasteiger partial charge in [-0.2, -0.15) is 0 Å². The van der Waals surface area contributed by atoms with Crippen LogP contribution >= 0.6 is 0 Å². The molecule has 0 aromatic heterocycles. The highest BCUT2D eigenvalue weighted by Gasteiger charge is 2.20. The van der Waals surface area contributed by atoms with Gasteiger partial charge < -0.3 is 5.73 Å². The summed E-state index contributed by atoms with van der Waals surface area (Å²) in [5.41, 5.74) is 5.53. The summed E-state index contributed by atoms with van der Waals surface area (Å²) in [6, 6.07) is 0. The SMILES string of the molecule is CC(=O)C(CN)C(C)CC(C)C. The van der Waals surface area contributed by atoms with Crippen LogP contribution in [0.3, 0.4) is 0 Å². The number of hydrogen-bond acceptors (Lipinski definition) is 2. The highest BCUT2D eigenvalue weighted by Crippen LogP contribution is 2.19. The summed E-state index contributed by atoms with van der Waals surface area (Å²) in [6.45, 7) is 8.57. The lowest BCUT2D eigenvalue weighted by Crippen LogP contribution is -2.28. The van der Waals surface area contributed by atoms with Crippen molar-refractivity contribution in [3.8, 4) is 0 Å². The maximum Gasteiger partial charge on any atom is 0.134 e. The molecule has 0 radical (unpaired) electrons. The third kappa shape index (κ3) is 3.86. The molecule has 0 fully saturated rings. The molecular formula is C10H21NO. The predicted octanol–water partition coefficient (Wildman–Crippen LogP) is 1.83. The number of Topliss-reactive ketones (excluding diaryl/α,β-unsaturated/α-hetero) is 1. The van der Waals surface area contributed by atoms with E-state index in [1.165, 1.54) is 0 Å². The number of carbonyl (C=O) groups is 1. The van der Waals surface area contributed by atoms with Gasteiger partial charge in [0.1, 0.15) is 5.78 Å². The van der Waals surface area contributed by atoms with Crippen LogP contribution in [0.1, 0.15) is 34.1 Å². The van der Waals surface area contributed by atoms with Crippen molar-refractivity contribution >= 4 is 5.78 Å². The molecule has 0 aliphatic rings. The average Bonchev–Trinajstić information content (AvgIpc) is 1.85. The molecule has 2 N–H and O–H groups in total. The van der Waals surface area contributed by atoms with Gasteiger partial charge in [-0.15, -0.1) is 0 Å². The Kier molecular flexibility index (Phi) is 5.14. The van der Waals surface area contributed by atoms with Gasteiger partial charge >= 0.3 is 0 Å². The summed E-state index contributed by atoms with van der Waals surface area (Å²) in [5, 5.41) is 0. The second-order valence-electron chi connectivity index (χ2n) is 4.06. The smallest absolute Gasteiger partial charge is 0.134 e. The molecule has 0 spiro atoms. The van der Waals surface area contributed by atoms with E-state index in [-0.39, 0.29) is 11.7 Å². The fourth-order valence-corrected chi connectivity index (χ4v) is 1.71. The molecule has 0 saturated heterocycles. The normalized spacial score (nSPS) is 16.2. The third-order valence-corrected chi connectivity index (χ3v) is 2.31. The Balaban J connectivity index is 4.02. The minimum Gasteiger partial charge on any atom is -0.330 e. The monoisotopic (exact) mass is 171 g/mol. The highest BCUT2D eigenvalue weighted by atomic mass is 16.1. The van der Waals surface area contributed by atoms with Gasteiger partial charge in [-0.05, 0) is 25.2 Å². The van der Waals surface area contributed by atoms with Crippen LogP contribution in [0.25, 0.3) is 0 Å². The van der Waals surface area contributed by atoms with Crippen LogP contribution in [0.5, 0.6) is 0 Å². The molecule has 0 heterocycles. The largest absolute Gasteiger partial charge is 0.330 e. The first-order valence-electron chi connectivity index (χ1n) is 4.69. The molecule has 72 valence electrons. The van der Waals surface area contributed by atoms with Gasteiger partial charge in [0.2, 0.25) is 0 Å². The molecule has 0 rings (SSSR count). The Bertz CT molecular complexity index is 143. The molecule has 0 amide bonds. The first-order valence-corrected chi connectivity index (χ1v) is 4.69. The summed E-state index contributed by atoms with van der Waals surface area (Å²) < 4.78 is 0. The number of hydrogen-bond donors (Lipinski definition) is 1. The van der Waals surface area contributed by atoms with Crippen molar-refractivity contribution in [2.24, 2.45) is 23.5 Å². The second-order valence-corrected chi connectivity index (χ2v) is 4.06.